The van der Waals surface area contributed by atoms with Crippen molar-refractivity contribution in [3.05, 3.63) is 106 Å². The van der Waals surface area contributed by atoms with E-state index >= 15 is 0 Å². The van der Waals surface area contributed by atoms with E-state index in [1.807, 2.05) is 36.4 Å². The molecular weight excluding hydrogens is 512 g/mol. The van der Waals surface area contributed by atoms with Gasteiger partial charge in [0.2, 0.25) is 11.8 Å². The Balaban J connectivity index is 1.29. The first-order valence-electron chi connectivity index (χ1n) is 11.0. The monoisotopic (exact) mass is 528 g/mol. The first-order chi connectivity index (χ1) is 17.9. The van der Waals surface area contributed by atoms with Gasteiger partial charge in [-0.3, -0.25) is 20.2 Å². The lowest BCUT2D eigenvalue weighted by Gasteiger charge is -2.07. The second-order valence-corrected chi connectivity index (χ2v) is 8.79. The largest absolute Gasteiger partial charge is 0.436 e. The molecule has 0 spiro atoms. The predicted molar refractivity (Wildman–Crippen MR) is 148 cm³/mol. The molecule has 0 saturated heterocycles. The summed E-state index contributed by atoms with van der Waals surface area (Å²) in [6, 6.07) is 22.7. The third kappa shape index (κ3) is 5.32. The molecular formula is C27H17ClN4O4S. The Morgan fingerprint density at radius 1 is 1.03 bits per heavy atom. The molecule has 0 saturated carbocycles. The number of rotatable bonds is 5. The molecule has 1 aromatic heterocycles. The number of benzene rings is 4. The van der Waals surface area contributed by atoms with Gasteiger partial charge in [-0.25, -0.2) is 4.98 Å². The van der Waals surface area contributed by atoms with Gasteiger partial charge in [0.05, 0.1) is 4.92 Å². The first kappa shape index (κ1) is 24.1. The fourth-order valence-electron chi connectivity index (χ4n) is 3.81. The number of non-ortho nitro benzene ring substituents is 1. The Bertz CT molecular complexity index is 1730. The van der Waals surface area contributed by atoms with E-state index in [1.54, 1.807) is 30.3 Å². The number of hydrogen-bond acceptors (Lipinski definition) is 6. The Morgan fingerprint density at radius 2 is 1.81 bits per heavy atom. The standard InChI is InChI=1S/C27H17ClN4O4S/c28-22-9-3-6-19-20(22)7-2-8-21(19)26-30-23-15-17(11-12-24(23)36-26)29-27(37)31-25(33)13-10-16-4-1-5-18(14-16)32(34)35/h1-15H,(H2,29,31,33,37)/b13-10+. The van der Waals surface area contributed by atoms with Gasteiger partial charge in [-0.15, -0.1) is 0 Å². The zero-order chi connectivity index (χ0) is 25.9. The van der Waals surface area contributed by atoms with Gasteiger partial charge in [-0.1, -0.05) is 48.0 Å². The maximum atomic E-state index is 12.2. The van der Waals surface area contributed by atoms with Crippen molar-refractivity contribution in [1.82, 2.24) is 10.3 Å². The molecule has 1 heterocycles. The van der Waals surface area contributed by atoms with Crippen molar-refractivity contribution in [2.45, 2.75) is 0 Å². The topological polar surface area (TPSA) is 110 Å². The van der Waals surface area contributed by atoms with Crippen molar-refractivity contribution < 1.29 is 14.1 Å². The van der Waals surface area contributed by atoms with Gasteiger partial charge in [0.25, 0.3) is 5.69 Å². The van der Waals surface area contributed by atoms with Crippen LogP contribution in [0.15, 0.2) is 89.4 Å². The number of hydrogen-bond donors (Lipinski definition) is 2. The summed E-state index contributed by atoms with van der Waals surface area (Å²) in [5, 5.41) is 19.0. The zero-order valence-electron chi connectivity index (χ0n) is 19.0. The molecule has 2 N–H and O–H groups in total. The summed E-state index contributed by atoms with van der Waals surface area (Å²) >= 11 is 11.6. The minimum absolute atomic E-state index is 0.0598. The van der Waals surface area contributed by atoms with Crippen LogP contribution in [-0.4, -0.2) is 20.9 Å². The van der Waals surface area contributed by atoms with Crippen LogP contribution in [0.1, 0.15) is 5.56 Å². The fraction of sp³-hybridized carbons (Fsp3) is 0. The van der Waals surface area contributed by atoms with E-state index in [9.17, 15) is 14.9 Å². The van der Waals surface area contributed by atoms with E-state index in [4.69, 9.17) is 28.2 Å². The van der Waals surface area contributed by atoms with Gasteiger partial charge in [0.15, 0.2) is 10.7 Å². The highest BCUT2D eigenvalue weighted by atomic mass is 35.5. The SMILES string of the molecule is O=C(/C=C/c1cccc([N+](=O)[O-])c1)NC(=S)Nc1ccc2oc(-c3cccc4c(Cl)cccc34)nc2c1. The Kier molecular flexibility index (Phi) is 6.63. The number of nitro benzene ring substituents is 1. The van der Waals surface area contributed by atoms with Crippen molar-refractivity contribution in [3.63, 3.8) is 0 Å². The quantitative estimate of drug-likeness (QED) is 0.112. The smallest absolute Gasteiger partial charge is 0.270 e. The molecule has 0 aliphatic heterocycles. The molecule has 8 nitrogen and oxygen atoms in total. The number of thiocarbonyl (C=S) groups is 1. The number of nitro groups is 1. The second-order valence-electron chi connectivity index (χ2n) is 7.97. The van der Waals surface area contributed by atoms with E-state index in [0.717, 1.165) is 16.3 Å². The average Bonchev–Trinajstić information content (AvgIpc) is 3.31. The molecule has 0 aliphatic carbocycles. The lowest BCUT2D eigenvalue weighted by Crippen LogP contribution is -2.32. The van der Waals surface area contributed by atoms with E-state index < -0.39 is 10.8 Å². The van der Waals surface area contributed by atoms with Gasteiger partial charge in [-0.2, -0.15) is 0 Å². The molecule has 10 heteroatoms. The van der Waals surface area contributed by atoms with Gasteiger partial charge in [0.1, 0.15) is 5.52 Å². The highest BCUT2D eigenvalue weighted by Gasteiger charge is 2.13. The van der Waals surface area contributed by atoms with Crippen molar-refractivity contribution in [1.29, 1.82) is 0 Å². The number of oxazole rings is 1. The first-order valence-corrected chi connectivity index (χ1v) is 11.8. The van der Waals surface area contributed by atoms with Crippen LogP contribution in [0.4, 0.5) is 11.4 Å². The summed E-state index contributed by atoms with van der Waals surface area (Å²) in [6.45, 7) is 0. The Labute approximate surface area is 220 Å². The third-order valence-electron chi connectivity index (χ3n) is 5.49. The molecule has 0 fully saturated rings. The Hall–Kier alpha value is -4.60. The molecule has 0 bridgehead atoms. The van der Waals surface area contributed by atoms with Crippen LogP contribution in [0.3, 0.4) is 0 Å². The number of nitrogens with zero attached hydrogens (tertiary/aromatic N) is 2. The molecule has 0 atom stereocenters. The zero-order valence-corrected chi connectivity index (χ0v) is 20.5. The molecule has 37 heavy (non-hydrogen) atoms. The minimum Gasteiger partial charge on any atom is -0.436 e. The van der Waals surface area contributed by atoms with Crippen LogP contribution in [0.25, 0.3) is 39.4 Å². The average molecular weight is 529 g/mol. The van der Waals surface area contributed by atoms with Gasteiger partial charge in [-0.05, 0) is 59.6 Å². The van der Waals surface area contributed by atoms with Crippen molar-refractivity contribution in [3.8, 4) is 11.5 Å². The van der Waals surface area contributed by atoms with Gasteiger partial charge in [0, 0.05) is 39.9 Å². The number of aromatic nitrogens is 1. The summed E-state index contributed by atoms with van der Waals surface area (Å²) in [4.78, 5) is 27.3. The van der Waals surface area contributed by atoms with Crippen LogP contribution in [0.2, 0.25) is 5.02 Å². The van der Waals surface area contributed by atoms with Gasteiger partial charge >= 0.3 is 0 Å². The Morgan fingerprint density at radius 3 is 2.65 bits per heavy atom. The number of nitrogens with one attached hydrogen (secondary N) is 2. The molecule has 0 radical (unpaired) electrons. The van der Waals surface area contributed by atoms with Crippen molar-refractivity contribution >= 4 is 74.2 Å². The fourth-order valence-corrected chi connectivity index (χ4v) is 4.26. The normalized spacial score (nSPS) is 11.2. The maximum Gasteiger partial charge on any atom is 0.270 e. The summed E-state index contributed by atoms with van der Waals surface area (Å²) in [6.07, 6.45) is 2.71. The molecule has 5 rings (SSSR count). The minimum atomic E-state index is -0.497. The summed E-state index contributed by atoms with van der Waals surface area (Å²) in [7, 11) is 0. The van der Waals surface area contributed by atoms with Crippen LogP contribution >= 0.6 is 23.8 Å². The van der Waals surface area contributed by atoms with E-state index in [1.165, 1.54) is 24.3 Å². The van der Waals surface area contributed by atoms with E-state index in [0.29, 0.717) is 33.3 Å². The molecule has 0 aliphatic rings. The summed E-state index contributed by atoms with van der Waals surface area (Å²) in [5.74, 6) is -0.0226. The predicted octanol–water partition coefficient (Wildman–Crippen LogP) is 6.74. The van der Waals surface area contributed by atoms with Gasteiger partial charge < -0.3 is 9.73 Å². The van der Waals surface area contributed by atoms with Crippen molar-refractivity contribution in [2.24, 2.45) is 0 Å². The van der Waals surface area contributed by atoms with Crippen LogP contribution in [-0.2, 0) is 4.79 Å². The molecule has 182 valence electrons. The molecule has 5 aromatic rings. The summed E-state index contributed by atoms with van der Waals surface area (Å²) in [5.41, 5.74) is 3.10. The number of halogens is 1. The number of carbonyl (C=O) groups is 1. The van der Waals surface area contributed by atoms with E-state index in [-0.39, 0.29) is 10.8 Å². The lowest BCUT2D eigenvalue weighted by molar-refractivity contribution is -0.384. The molecule has 0 unspecified atom stereocenters. The van der Waals surface area contributed by atoms with E-state index in [2.05, 4.69) is 15.6 Å². The molecule has 1 amide bonds. The van der Waals surface area contributed by atoms with Crippen LogP contribution in [0, 0.1) is 10.1 Å². The summed E-state index contributed by atoms with van der Waals surface area (Å²) < 4.78 is 5.99. The maximum absolute atomic E-state index is 12.2. The number of anilines is 1. The number of fused-ring (bicyclic) bond motifs is 2. The third-order valence-corrected chi connectivity index (χ3v) is 6.02. The number of carbonyl (C=O) groups excluding carboxylic acids is 1. The van der Waals surface area contributed by atoms with Crippen LogP contribution < -0.4 is 10.6 Å². The highest BCUT2D eigenvalue weighted by molar-refractivity contribution is 7.80. The van der Waals surface area contributed by atoms with Crippen LogP contribution in [0.5, 0.6) is 0 Å². The highest BCUT2D eigenvalue weighted by Crippen LogP contribution is 2.34. The lowest BCUT2D eigenvalue weighted by atomic mass is 10.0. The van der Waals surface area contributed by atoms with Crippen molar-refractivity contribution in [2.75, 3.05) is 5.32 Å². The molecule has 4 aromatic carbocycles. The number of amides is 1. The second kappa shape index (κ2) is 10.2.